The van der Waals surface area contributed by atoms with Crippen LogP contribution in [0, 0.1) is 5.82 Å². The Kier molecular flexibility index (Phi) is 3.93. The predicted octanol–water partition coefficient (Wildman–Crippen LogP) is 1.44. The van der Waals surface area contributed by atoms with Gasteiger partial charge in [0.15, 0.2) is 11.5 Å². The number of aromatic hydroxyl groups is 1. The number of aromatic nitrogens is 2. The van der Waals surface area contributed by atoms with Crippen molar-refractivity contribution in [1.82, 2.24) is 9.55 Å². The third kappa shape index (κ3) is 2.90. The molecule has 0 bridgehead atoms. The molecule has 0 radical (unpaired) electrons. The number of Topliss-reactive ketones (excluding diaryl/α,β-unsaturated/α-hetero) is 1. The zero-order chi connectivity index (χ0) is 14.7. The number of hydrogen-bond acceptors (Lipinski definition) is 4. The maximum absolute atomic E-state index is 12.7. The molecule has 0 spiro atoms. The van der Waals surface area contributed by atoms with Gasteiger partial charge in [0.1, 0.15) is 5.82 Å². The van der Waals surface area contributed by atoms with Crippen molar-refractivity contribution in [3.05, 3.63) is 58.0 Å². The van der Waals surface area contributed by atoms with Crippen LogP contribution in [0.1, 0.15) is 22.5 Å². The van der Waals surface area contributed by atoms with E-state index in [4.69, 9.17) is 0 Å². The van der Waals surface area contributed by atoms with E-state index in [9.17, 15) is 19.1 Å². The summed E-state index contributed by atoms with van der Waals surface area (Å²) in [6.07, 6.45) is 1.65. The van der Waals surface area contributed by atoms with E-state index < -0.39 is 17.1 Å². The van der Waals surface area contributed by atoms with Gasteiger partial charge in [-0.1, -0.05) is 12.1 Å². The van der Waals surface area contributed by atoms with Crippen LogP contribution in [0.5, 0.6) is 5.75 Å². The average Bonchev–Trinajstić information content (AvgIpc) is 2.44. The van der Waals surface area contributed by atoms with Crippen molar-refractivity contribution >= 4 is 5.78 Å². The molecule has 1 aromatic carbocycles. The van der Waals surface area contributed by atoms with Gasteiger partial charge in [0, 0.05) is 13.5 Å². The normalized spacial score (nSPS) is 10.5. The summed E-state index contributed by atoms with van der Waals surface area (Å²) in [5.74, 6) is -1.41. The molecule has 104 valence electrons. The second-order valence-electron chi connectivity index (χ2n) is 4.41. The van der Waals surface area contributed by atoms with Crippen LogP contribution < -0.4 is 5.56 Å². The van der Waals surface area contributed by atoms with Crippen molar-refractivity contribution < 1.29 is 14.3 Å². The molecule has 20 heavy (non-hydrogen) atoms. The molecule has 0 atom stereocenters. The van der Waals surface area contributed by atoms with Crippen molar-refractivity contribution in [3.63, 3.8) is 0 Å². The van der Waals surface area contributed by atoms with Gasteiger partial charge < -0.3 is 5.11 Å². The number of benzene rings is 1. The fourth-order valence-electron chi connectivity index (χ4n) is 1.76. The minimum atomic E-state index is -0.662. The first-order valence-electron chi connectivity index (χ1n) is 6.01. The molecule has 6 heteroatoms. The first-order chi connectivity index (χ1) is 9.49. The van der Waals surface area contributed by atoms with Gasteiger partial charge in [0.05, 0.1) is 6.33 Å². The highest BCUT2D eigenvalue weighted by Gasteiger charge is 2.16. The Morgan fingerprint density at radius 2 is 2.00 bits per heavy atom. The molecule has 0 saturated heterocycles. The lowest BCUT2D eigenvalue weighted by Crippen LogP contribution is -2.20. The average molecular weight is 276 g/mol. The van der Waals surface area contributed by atoms with Gasteiger partial charge in [-0.2, -0.15) is 0 Å². The molecule has 0 amide bonds. The monoisotopic (exact) mass is 276 g/mol. The Balaban J connectivity index is 2.11. The second-order valence-corrected chi connectivity index (χ2v) is 4.41. The molecule has 0 fully saturated rings. The van der Waals surface area contributed by atoms with E-state index in [2.05, 4.69) is 4.98 Å². The summed E-state index contributed by atoms with van der Waals surface area (Å²) in [5, 5.41) is 9.62. The lowest BCUT2D eigenvalue weighted by molar-refractivity contribution is 0.0974. The zero-order valence-electron chi connectivity index (χ0n) is 10.8. The molecule has 1 N–H and O–H groups in total. The minimum absolute atomic E-state index is 0.0827. The van der Waals surface area contributed by atoms with Gasteiger partial charge in [0.2, 0.25) is 5.75 Å². The standard InChI is InChI=1S/C14H13FN2O3/c1-17-8-16-12(13(19)14(17)20)11(18)7-4-9-2-5-10(15)6-3-9/h2-3,5-6,8,19H,4,7H2,1H3. The topological polar surface area (TPSA) is 72.2 Å². The van der Waals surface area contributed by atoms with Crippen molar-refractivity contribution in [2.45, 2.75) is 12.8 Å². The van der Waals surface area contributed by atoms with Crippen LogP contribution in [-0.2, 0) is 13.5 Å². The van der Waals surface area contributed by atoms with E-state index in [-0.39, 0.29) is 17.9 Å². The minimum Gasteiger partial charge on any atom is -0.501 e. The molecule has 2 rings (SSSR count). The van der Waals surface area contributed by atoms with E-state index in [0.29, 0.717) is 6.42 Å². The molecule has 0 aliphatic carbocycles. The van der Waals surface area contributed by atoms with Crippen molar-refractivity contribution in [2.24, 2.45) is 7.05 Å². The molecule has 1 heterocycles. The summed E-state index contributed by atoms with van der Waals surface area (Å²) in [4.78, 5) is 27.2. The molecule has 0 saturated carbocycles. The maximum atomic E-state index is 12.7. The van der Waals surface area contributed by atoms with Crippen LogP contribution in [0.4, 0.5) is 4.39 Å². The predicted molar refractivity (Wildman–Crippen MR) is 70.2 cm³/mol. The highest BCUT2D eigenvalue weighted by molar-refractivity contribution is 5.96. The Hall–Kier alpha value is -2.50. The fourth-order valence-corrected chi connectivity index (χ4v) is 1.76. The smallest absolute Gasteiger partial charge is 0.296 e. The van der Waals surface area contributed by atoms with Crippen LogP contribution in [0.25, 0.3) is 0 Å². The third-order valence-corrected chi connectivity index (χ3v) is 2.93. The summed E-state index contributed by atoms with van der Waals surface area (Å²) in [6.45, 7) is 0. The quantitative estimate of drug-likeness (QED) is 0.858. The van der Waals surface area contributed by atoms with Crippen LogP contribution in [0.2, 0.25) is 0 Å². The number of hydrogen-bond donors (Lipinski definition) is 1. The van der Waals surface area contributed by atoms with Gasteiger partial charge in [-0.05, 0) is 24.1 Å². The van der Waals surface area contributed by atoms with E-state index in [1.54, 1.807) is 12.1 Å². The van der Waals surface area contributed by atoms with E-state index >= 15 is 0 Å². The van der Waals surface area contributed by atoms with Gasteiger partial charge in [-0.3, -0.25) is 14.2 Å². The Labute approximate surface area is 114 Å². The second kappa shape index (κ2) is 5.64. The van der Waals surface area contributed by atoms with Crippen molar-refractivity contribution in [2.75, 3.05) is 0 Å². The number of carbonyl (C=O) groups is 1. The molecular weight excluding hydrogens is 263 g/mol. The number of nitrogens with zero attached hydrogens (tertiary/aromatic N) is 2. The Bertz CT molecular complexity index is 693. The number of carbonyl (C=O) groups excluding carboxylic acids is 1. The molecule has 5 nitrogen and oxygen atoms in total. The third-order valence-electron chi connectivity index (χ3n) is 2.93. The summed E-state index contributed by atoms with van der Waals surface area (Å²) >= 11 is 0. The maximum Gasteiger partial charge on any atom is 0.296 e. The van der Waals surface area contributed by atoms with E-state index in [1.807, 2.05) is 0 Å². The molecular formula is C14H13FN2O3. The zero-order valence-corrected chi connectivity index (χ0v) is 10.8. The van der Waals surface area contributed by atoms with Gasteiger partial charge in [-0.25, -0.2) is 9.37 Å². The fraction of sp³-hybridized carbons (Fsp3) is 0.214. The lowest BCUT2D eigenvalue weighted by atomic mass is 10.1. The van der Waals surface area contributed by atoms with Crippen molar-refractivity contribution in [1.29, 1.82) is 0 Å². The molecule has 0 aliphatic heterocycles. The van der Waals surface area contributed by atoms with Gasteiger partial charge in [-0.15, -0.1) is 0 Å². The SMILES string of the molecule is Cn1cnc(C(=O)CCc2ccc(F)cc2)c(O)c1=O. The van der Waals surface area contributed by atoms with Gasteiger partial charge >= 0.3 is 0 Å². The lowest BCUT2D eigenvalue weighted by Gasteiger charge is -2.04. The summed E-state index contributed by atoms with van der Waals surface area (Å²) in [5.41, 5.74) is -0.0941. The van der Waals surface area contributed by atoms with Crippen LogP contribution >= 0.6 is 0 Å². The number of ketones is 1. The number of halogens is 1. The van der Waals surface area contributed by atoms with E-state index in [0.717, 1.165) is 10.1 Å². The molecule has 1 aromatic heterocycles. The Morgan fingerprint density at radius 3 is 2.65 bits per heavy atom. The molecule has 0 unspecified atom stereocenters. The summed E-state index contributed by atoms with van der Waals surface area (Å²) in [6, 6.07) is 5.79. The van der Waals surface area contributed by atoms with Crippen LogP contribution in [-0.4, -0.2) is 20.4 Å². The van der Waals surface area contributed by atoms with Crippen LogP contribution in [0.15, 0.2) is 35.4 Å². The number of aryl methyl sites for hydroxylation is 2. The van der Waals surface area contributed by atoms with Crippen LogP contribution in [0.3, 0.4) is 0 Å². The highest BCUT2D eigenvalue weighted by Crippen LogP contribution is 2.12. The largest absolute Gasteiger partial charge is 0.501 e. The molecule has 2 aromatic rings. The summed E-state index contributed by atoms with van der Waals surface area (Å²) < 4.78 is 13.8. The first-order valence-corrected chi connectivity index (χ1v) is 6.01. The van der Waals surface area contributed by atoms with Crippen molar-refractivity contribution in [3.8, 4) is 5.75 Å². The number of rotatable bonds is 4. The highest BCUT2D eigenvalue weighted by atomic mass is 19.1. The van der Waals surface area contributed by atoms with E-state index in [1.165, 1.54) is 25.5 Å². The Morgan fingerprint density at radius 1 is 1.35 bits per heavy atom. The van der Waals surface area contributed by atoms with Gasteiger partial charge in [0.25, 0.3) is 5.56 Å². The summed E-state index contributed by atoms with van der Waals surface area (Å²) in [7, 11) is 1.43. The first kappa shape index (κ1) is 13.9. The molecule has 0 aliphatic rings.